The topological polar surface area (TPSA) is 41.0 Å². The van der Waals surface area contributed by atoms with Crippen molar-refractivity contribution in [2.24, 2.45) is 5.92 Å². The quantitative estimate of drug-likeness (QED) is 0.940. The maximum absolute atomic E-state index is 4.57. The van der Waals surface area contributed by atoms with Gasteiger partial charge in [-0.1, -0.05) is 0 Å². The number of hydrogen-bond acceptors (Lipinski definition) is 5. The highest BCUT2D eigenvalue weighted by molar-refractivity contribution is 7.18. The molecule has 2 aromatic heterocycles. The van der Waals surface area contributed by atoms with Crippen LogP contribution in [-0.4, -0.2) is 36.1 Å². The molecule has 0 spiro atoms. The van der Waals surface area contributed by atoms with Gasteiger partial charge in [0.05, 0.1) is 10.2 Å². The molecule has 1 fully saturated rings. The molecule has 0 atom stereocenters. The van der Waals surface area contributed by atoms with Gasteiger partial charge in [0.1, 0.15) is 12.1 Å². The average molecular weight is 290 g/mol. The number of nitrogens with one attached hydrogen (secondary N) is 1. The number of anilines is 1. The van der Waals surface area contributed by atoms with Gasteiger partial charge in [-0.05, 0) is 56.6 Å². The van der Waals surface area contributed by atoms with Crippen LogP contribution in [0.4, 0.5) is 5.82 Å². The lowest BCUT2D eigenvalue weighted by Gasteiger charge is -2.30. The lowest BCUT2D eigenvalue weighted by atomic mass is 9.97. The zero-order chi connectivity index (χ0) is 13.9. The number of hydrogen-bond donors (Lipinski definition) is 1. The van der Waals surface area contributed by atoms with E-state index in [2.05, 4.69) is 39.4 Å². The van der Waals surface area contributed by atoms with Crippen molar-refractivity contribution in [1.29, 1.82) is 0 Å². The molecule has 3 rings (SSSR count). The number of fused-ring (bicyclic) bond motifs is 1. The van der Waals surface area contributed by atoms with Crippen LogP contribution in [0, 0.1) is 12.8 Å². The predicted octanol–water partition coefficient (Wildman–Crippen LogP) is 2.83. The van der Waals surface area contributed by atoms with Crippen LogP contribution in [0.15, 0.2) is 11.7 Å². The third-order valence-corrected chi connectivity index (χ3v) is 5.21. The first-order valence-electron chi connectivity index (χ1n) is 7.44. The number of thiophene rings is 1. The van der Waals surface area contributed by atoms with E-state index in [0.717, 1.165) is 43.4 Å². The Bertz CT molecular complexity index is 574. The van der Waals surface area contributed by atoms with Crippen LogP contribution in [0.25, 0.3) is 10.2 Å². The van der Waals surface area contributed by atoms with Gasteiger partial charge in [-0.3, -0.25) is 0 Å². The van der Waals surface area contributed by atoms with Crippen molar-refractivity contribution in [3.8, 4) is 0 Å². The van der Waals surface area contributed by atoms with Gasteiger partial charge in [-0.15, -0.1) is 11.3 Å². The second kappa shape index (κ2) is 6.06. The number of nitrogens with zero attached hydrogens (tertiary/aromatic N) is 3. The van der Waals surface area contributed by atoms with Crippen molar-refractivity contribution in [1.82, 2.24) is 15.3 Å². The summed E-state index contributed by atoms with van der Waals surface area (Å²) in [4.78, 5) is 11.4. The molecule has 0 saturated carbocycles. The van der Waals surface area contributed by atoms with E-state index < -0.39 is 0 Å². The van der Waals surface area contributed by atoms with Gasteiger partial charge in [0.25, 0.3) is 0 Å². The molecule has 1 aliphatic heterocycles. The van der Waals surface area contributed by atoms with Gasteiger partial charge in [0.2, 0.25) is 0 Å². The largest absolute Gasteiger partial charge is 0.355 e. The van der Waals surface area contributed by atoms with E-state index >= 15 is 0 Å². The molecule has 0 bridgehead atoms. The fourth-order valence-electron chi connectivity index (χ4n) is 2.92. The van der Waals surface area contributed by atoms with Crippen molar-refractivity contribution in [2.45, 2.75) is 26.7 Å². The molecule has 108 valence electrons. The Hall–Kier alpha value is -1.20. The van der Waals surface area contributed by atoms with Crippen molar-refractivity contribution < 1.29 is 0 Å². The van der Waals surface area contributed by atoms with Gasteiger partial charge in [-0.2, -0.15) is 0 Å². The molecule has 0 radical (unpaired) electrons. The third-order valence-electron chi connectivity index (χ3n) is 4.13. The first-order valence-corrected chi connectivity index (χ1v) is 8.32. The molecule has 0 aliphatic carbocycles. The second-order valence-corrected chi connectivity index (χ2v) is 6.41. The SMILES string of the molecule is CCN(CC1CCNCC1)c1ncnc2c(C)csc12. The molecular weight excluding hydrogens is 268 g/mol. The average Bonchev–Trinajstić information content (AvgIpc) is 2.88. The Morgan fingerprint density at radius 1 is 1.35 bits per heavy atom. The van der Waals surface area contributed by atoms with Crippen LogP contribution in [-0.2, 0) is 0 Å². The number of piperidine rings is 1. The summed E-state index contributed by atoms with van der Waals surface area (Å²) in [5.74, 6) is 1.90. The zero-order valence-corrected chi connectivity index (χ0v) is 13.0. The van der Waals surface area contributed by atoms with Crippen molar-refractivity contribution >= 4 is 27.4 Å². The normalized spacial score (nSPS) is 16.7. The van der Waals surface area contributed by atoms with Crippen molar-refractivity contribution in [3.63, 3.8) is 0 Å². The first-order chi connectivity index (χ1) is 9.79. The van der Waals surface area contributed by atoms with Crippen LogP contribution in [0.3, 0.4) is 0 Å². The van der Waals surface area contributed by atoms with Crippen LogP contribution in [0.2, 0.25) is 0 Å². The van der Waals surface area contributed by atoms with E-state index in [-0.39, 0.29) is 0 Å². The monoisotopic (exact) mass is 290 g/mol. The molecule has 2 aromatic rings. The molecule has 5 heteroatoms. The minimum atomic E-state index is 0.780. The van der Waals surface area contributed by atoms with Gasteiger partial charge >= 0.3 is 0 Å². The number of aromatic nitrogens is 2. The highest BCUT2D eigenvalue weighted by atomic mass is 32.1. The zero-order valence-electron chi connectivity index (χ0n) is 12.2. The Morgan fingerprint density at radius 2 is 2.15 bits per heavy atom. The molecule has 0 amide bonds. The Kier molecular flexibility index (Phi) is 4.17. The summed E-state index contributed by atoms with van der Waals surface area (Å²) in [6, 6.07) is 0. The summed E-state index contributed by atoms with van der Waals surface area (Å²) < 4.78 is 1.24. The highest BCUT2D eigenvalue weighted by Crippen LogP contribution is 2.31. The lowest BCUT2D eigenvalue weighted by molar-refractivity contribution is 0.374. The van der Waals surface area contributed by atoms with Crippen molar-refractivity contribution in [3.05, 3.63) is 17.3 Å². The minimum Gasteiger partial charge on any atom is -0.355 e. The summed E-state index contributed by atoms with van der Waals surface area (Å²) in [5, 5.41) is 5.62. The van der Waals surface area contributed by atoms with E-state index in [1.54, 1.807) is 17.7 Å². The van der Waals surface area contributed by atoms with Gasteiger partial charge in [0, 0.05) is 13.1 Å². The fraction of sp³-hybridized carbons (Fsp3) is 0.600. The van der Waals surface area contributed by atoms with Crippen LogP contribution >= 0.6 is 11.3 Å². The van der Waals surface area contributed by atoms with Crippen LogP contribution in [0.1, 0.15) is 25.3 Å². The smallest absolute Gasteiger partial charge is 0.150 e. The Labute approximate surface area is 124 Å². The van der Waals surface area contributed by atoms with Crippen molar-refractivity contribution in [2.75, 3.05) is 31.1 Å². The summed E-state index contributed by atoms with van der Waals surface area (Å²) in [6.45, 7) is 8.77. The van der Waals surface area contributed by atoms with Gasteiger partial charge in [-0.25, -0.2) is 9.97 Å². The third kappa shape index (κ3) is 2.65. The molecular formula is C15H22N4S. The molecule has 3 heterocycles. The molecule has 0 unspecified atom stereocenters. The van der Waals surface area contributed by atoms with Gasteiger partial charge < -0.3 is 10.2 Å². The Morgan fingerprint density at radius 3 is 2.90 bits per heavy atom. The maximum atomic E-state index is 4.57. The highest BCUT2D eigenvalue weighted by Gasteiger charge is 2.19. The molecule has 1 N–H and O–H groups in total. The minimum absolute atomic E-state index is 0.780. The lowest BCUT2D eigenvalue weighted by Crippen LogP contribution is -2.36. The van der Waals surface area contributed by atoms with E-state index in [1.165, 1.54) is 23.1 Å². The fourth-order valence-corrected chi connectivity index (χ4v) is 3.94. The van der Waals surface area contributed by atoms with Crippen LogP contribution in [0.5, 0.6) is 0 Å². The molecule has 1 aliphatic rings. The van der Waals surface area contributed by atoms with E-state index in [0.29, 0.717) is 0 Å². The van der Waals surface area contributed by atoms with E-state index in [1.807, 2.05) is 0 Å². The number of aryl methyl sites for hydroxylation is 1. The first kappa shape index (κ1) is 13.8. The predicted molar refractivity (Wildman–Crippen MR) is 85.6 cm³/mol. The summed E-state index contributed by atoms with van der Waals surface area (Å²) in [5.41, 5.74) is 2.37. The maximum Gasteiger partial charge on any atom is 0.150 e. The molecule has 20 heavy (non-hydrogen) atoms. The van der Waals surface area contributed by atoms with Crippen LogP contribution < -0.4 is 10.2 Å². The molecule has 1 saturated heterocycles. The second-order valence-electron chi connectivity index (χ2n) is 5.53. The van der Waals surface area contributed by atoms with E-state index in [4.69, 9.17) is 0 Å². The summed E-state index contributed by atoms with van der Waals surface area (Å²) >= 11 is 1.77. The Balaban J connectivity index is 1.86. The molecule has 0 aromatic carbocycles. The number of rotatable bonds is 4. The summed E-state index contributed by atoms with van der Waals surface area (Å²) in [6.07, 6.45) is 4.25. The standard InChI is InChI=1S/C15H22N4S/c1-3-19(8-12-4-6-16-7-5-12)15-14-13(17-10-18-15)11(2)9-20-14/h9-10,12,16H,3-8H2,1-2H3. The van der Waals surface area contributed by atoms with E-state index in [9.17, 15) is 0 Å². The van der Waals surface area contributed by atoms with Gasteiger partial charge in [0.15, 0.2) is 0 Å². The summed E-state index contributed by atoms with van der Waals surface area (Å²) in [7, 11) is 0. The molecule has 4 nitrogen and oxygen atoms in total.